The molecule has 6 heteroatoms. The van der Waals surface area contributed by atoms with Gasteiger partial charge < -0.3 is 10.2 Å². The predicted octanol–water partition coefficient (Wildman–Crippen LogP) is 5.09. The van der Waals surface area contributed by atoms with Crippen LogP contribution < -0.4 is 5.32 Å². The van der Waals surface area contributed by atoms with Gasteiger partial charge in [0.2, 0.25) is 11.8 Å². The summed E-state index contributed by atoms with van der Waals surface area (Å²) in [7, 11) is 0. The number of carbonyl (C=O) groups excluding carboxylic acids is 2. The summed E-state index contributed by atoms with van der Waals surface area (Å²) in [5, 5.41) is 3.88. The van der Waals surface area contributed by atoms with Crippen molar-refractivity contribution in [2.75, 3.05) is 0 Å². The highest BCUT2D eigenvalue weighted by molar-refractivity contribution is 6.35. The Balaban J connectivity index is 2.30. The maximum atomic E-state index is 13.2. The van der Waals surface area contributed by atoms with Gasteiger partial charge in [0.15, 0.2) is 0 Å². The zero-order valence-corrected chi connectivity index (χ0v) is 19.1. The van der Waals surface area contributed by atoms with Crippen LogP contribution in [0.15, 0.2) is 36.4 Å². The summed E-state index contributed by atoms with van der Waals surface area (Å²) in [6, 6.07) is 10.5. The van der Waals surface area contributed by atoms with Crippen molar-refractivity contribution < 1.29 is 9.59 Å². The molecule has 2 aromatic carbocycles. The number of nitrogens with zero attached hydrogens (tertiary/aromatic N) is 1. The molecule has 1 N–H and O–H groups in total. The molecular weight excluding hydrogens is 407 g/mol. The first-order chi connectivity index (χ1) is 13.6. The molecule has 0 heterocycles. The SMILES string of the molecule is Cc1ccc(CC(=O)N(Cc2ccc(Cl)cc2Cl)[C@H](C)C(=O)NC(C)C)cc1C. The summed E-state index contributed by atoms with van der Waals surface area (Å²) < 4.78 is 0. The summed E-state index contributed by atoms with van der Waals surface area (Å²) in [5.74, 6) is -0.329. The number of nitrogens with one attached hydrogen (secondary N) is 1. The second-order valence-corrected chi connectivity index (χ2v) is 8.54. The highest BCUT2D eigenvalue weighted by Gasteiger charge is 2.27. The van der Waals surface area contributed by atoms with E-state index in [-0.39, 0.29) is 30.8 Å². The first-order valence-electron chi connectivity index (χ1n) is 9.68. The van der Waals surface area contributed by atoms with Gasteiger partial charge in [-0.25, -0.2) is 0 Å². The minimum atomic E-state index is -0.636. The molecule has 0 fully saturated rings. The van der Waals surface area contributed by atoms with Gasteiger partial charge >= 0.3 is 0 Å². The van der Waals surface area contributed by atoms with Crippen LogP contribution in [0.25, 0.3) is 0 Å². The molecule has 2 aromatic rings. The van der Waals surface area contributed by atoms with Crippen molar-refractivity contribution in [1.29, 1.82) is 0 Å². The van der Waals surface area contributed by atoms with Crippen LogP contribution in [-0.4, -0.2) is 28.8 Å². The van der Waals surface area contributed by atoms with E-state index in [1.54, 1.807) is 30.0 Å². The van der Waals surface area contributed by atoms with Crippen molar-refractivity contribution >= 4 is 35.0 Å². The number of benzene rings is 2. The van der Waals surface area contributed by atoms with Crippen molar-refractivity contribution in [3.63, 3.8) is 0 Å². The van der Waals surface area contributed by atoms with Gasteiger partial charge in [0.1, 0.15) is 6.04 Å². The van der Waals surface area contributed by atoms with Crippen molar-refractivity contribution in [2.45, 2.75) is 59.7 Å². The summed E-state index contributed by atoms with van der Waals surface area (Å²) in [4.78, 5) is 27.4. The highest BCUT2D eigenvalue weighted by Crippen LogP contribution is 2.24. The Morgan fingerprint density at radius 1 is 1.00 bits per heavy atom. The Labute approximate surface area is 183 Å². The second-order valence-electron chi connectivity index (χ2n) is 7.69. The lowest BCUT2D eigenvalue weighted by Crippen LogP contribution is -2.49. The Morgan fingerprint density at radius 3 is 2.28 bits per heavy atom. The average molecular weight is 435 g/mol. The summed E-state index contributed by atoms with van der Waals surface area (Å²) in [6.45, 7) is 9.80. The molecule has 29 heavy (non-hydrogen) atoms. The van der Waals surface area contributed by atoms with E-state index in [9.17, 15) is 9.59 Å². The van der Waals surface area contributed by atoms with Crippen molar-refractivity contribution in [2.24, 2.45) is 0 Å². The summed E-state index contributed by atoms with van der Waals surface area (Å²) >= 11 is 12.3. The molecule has 2 rings (SSSR count). The van der Waals surface area contributed by atoms with Gasteiger partial charge in [-0.3, -0.25) is 9.59 Å². The Hall–Kier alpha value is -2.04. The third-order valence-corrected chi connectivity index (χ3v) is 5.47. The highest BCUT2D eigenvalue weighted by atomic mass is 35.5. The monoisotopic (exact) mass is 434 g/mol. The lowest BCUT2D eigenvalue weighted by atomic mass is 10.0. The molecule has 156 valence electrons. The molecule has 4 nitrogen and oxygen atoms in total. The molecule has 1 atom stereocenters. The standard InChI is InChI=1S/C23H28Cl2N2O2/c1-14(2)26-23(29)17(5)27(13-19-8-9-20(24)12-21(19)25)22(28)11-18-7-6-15(3)16(4)10-18/h6-10,12,14,17H,11,13H2,1-5H3,(H,26,29)/t17-/m1/s1. The summed E-state index contributed by atoms with van der Waals surface area (Å²) in [5.41, 5.74) is 3.97. The van der Waals surface area contributed by atoms with E-state index in [4.69, 9.17) is 23.2 Å². The number of hydrogen-bond acceptors (Lipinski definition) is 2. The first-order valence-corrected chi connectivity index (χ1v) is 10.4. The lowest BCUT2D eigenvalue weighted by molar-refractivity contribution is -0.140. The van der Waals surface area contributed by atoms with Gasteiger partial charge in [0.25, 0.3) is 0 Å². The number of halogens is 2. The van der Waals surface area contributed by atoms with Crippen LogP contribution in [0.5, 0.6) is 0 Å². The fourth-order valence-corrected chi connectivity index (χ4v) is 3.48. The van der Waals surface area contributed by atoms with E-state index in [1.807, 2.05) is 45.9 Å². The van der Waals surface area contributed by atoms with E-state index in [2.05, 4.69) is 5.32 Å². The van der Waals surface area contributed by atoms with Gasteiger partial charge in [-0.05, 0) is 69.0 Å². The second kappa shape index (κ2) is 10.1. The van der Waals surface area contributed by atoms with Crippen molar-refractivity contribution in [1.82, 2.24) is 10.2 Å². The van der Waals surface area contributed by atoms with Crippen LogP contribution in [0.2, 0.25) is 10.0 Å². The lowest BCUT2D eigenvalue weighted by Gasteiger charge is -2.30. The number of hydrogen-bond donors (Lipinski definition) is 1. The molecule has 0 radical (unpaired) electrons. The molecular formula is C23H28Cl2N2O2. The van der Waals surface area contributed by atoms with Gasteiger partial charge in [-0.1, -0.05) is 47.5 Å². The van der Waals surface area contributed by atoms with Gasteiger partial charge in [0, 0.05) is 22.6 Å². The quantitative estimate of drug-likeness (QED) is 0.658. The zero-order valence-electron chi connectivity index (χ0n) is 17.6. The molecule has 2 amide bonds. The van der Waals surface area contributed by atoms with Crippen molar-refractivity contribution in [3.05, 3.63) is 68.7 Å². The molecule has 0 saturated heterocycles. The Bertz CT molecular complexity index is 896. The molecule has 0 saturated carbocycles. The molecule has 0 aromatic heterocycles. The van der Waals surface area contributed by atoms with Crippen LogP contribution in [-0.2, 0) is 22.6 Å². The van der Waals surface area contributed by atoms with Crippen LogP contribution in [0, 0.1) is 13.8 Å². The molecule has 0 spiro atoms. The van der Waals surface area contributed by atoms with Gasteiger partial charge in [-0.15, -0.1) is 0 Å². The van der Waals surface area contributed by atoms with E-state index >= 15 is 0 Å². The van der Waals surface area contributed by atoms with E-state index in [0.29, 0.717) is 10.0 Å². The normalized spacial score (nSPS) is 12.0. The fourth-order valence-electron chi connectivity index (χ4n) is 3.01. The molecule has 0 aliphatic rings. The minimum Gasteiger partial charge on any atom is -0.352 e. The number of aryl methyl sites for hydroxylation is 2. The van der Waals surface area contributed by atoms with Gasteiger partial charge in [0.05, 0.1) is 6.42 Å². The maximum Gasteiger partial charge on any atom is 0.242 e. The van der Waals surface area contributed by atoms with Crippen LogP contribution >= 0.6 is 23.2 Å². The zero-order chi connectivity index (χ0) is 21.7. The number of rotatable bonds is 7. The molecule has 0 bridgehead atoms. The molecule has 0 aliphatic heterocycles. The Morgan fingerprint density at radius 2 is 1.69 bits per heavy atom. The number of carbonyl (C=O) groups is 2. The van der Waals surface area contributed by atoms with E-state index in [0.717, 1.165) is 16.7 Å². The van der Waals surface area contributed by atoms with E-state index in [1.165, 1.54) is 5.56 Å². The first kappa shape index (κ1) is 23.2. The third-order valence-electron chi connectivity index (χ3n) is 4.88. The van der Waals surface area contributed by atoms with Gasteiger partial charge in [-0.2, -0.15) is 0 Å². The number of amides is 2. The Kier molecular flexibility index (Phi) is 8.12. The largest absolute Gasteiger partial charge is 0.352 e. The van der Waals surface area contributed by atoms with E-state index < -0.39 is 6.04 Å². The third kappa shape index (κ3) is 6.48. The topological polar surface area (TPSA) is 49.4 Å². The van der Waals surface area contributed by atoms with Crippen molar-refractivity contribution in [3.8, 4) is 0 Å². The molecule has 0 unspecified atom stereocenters. The minimum absolute atomic E-state index is 0.0132. The smallest absolute Gasteiger partial charge is 0.242 e. The van der Waals surface area contributed by atoms with Crippen LogP contribution in [0.4, 0.5) is 0 Å². The summed E-state index contributed by atoms with van der Waals surface area (Å²) in [6.07, 6.45) is 0.214. The molecule has 0 aliphatic carbocycles. The van der Waals surface area contributed by atoms with Crippen LogP contribution in [0.3, 0.4) is 0 Å². The maximum absolute atomic E-state index is 13.2. The van der Waals surface area contributed by atoms with Crippen LogP contribution in [0.1, 0.15) is 43.0 Å². The fraction of sp³-hybridized carbons (Fsp3) is 0.391. The average Bonchev–Trinajstić information content (AvgIpc) is 2.63. The predicted molar refractivity (Wildman–Crippen MR) is 119 cm³/mol.